The predicted molar refractivity (Wildman–Crippen MR) is 115 cm³/mol. The first-order valence-corrected chi connectivity index (χ1v) is 9.49. The van der Waals surface area contributed by atoms with E-state index in [-0.39, 0.29) is 0 Å². The average Bonchev–Trinajstić information content (AvgIpc) is 3.08. The molecule has 1 aromatic heterocycles. The molecule has 0 unspecified atom stereocenters. The van der Waals surface area contributed by atoms with Crippen molar-refractivity contribution < 1.29 is 4.73 Å². The molecule has 4 aromatic rings. The summed E-state index contributed by atoms with van der Waals surface area (Å²) in [5.74, 6) is 0. The second-order valence-electron chi connectivity index (χ2n) is 7.48. The summed E-state index contributed by atoms with van der Waals surface area (Å²) in [6, 6.07) is 19.4. The first-order valence-electron chi connectivity index (χ1n) is 9.49. The van der Waals surface area contributed by atoms with Gasteiger partial charge in [0.2, 0.25) is 0 Å². The summed E-state index contributed by atoms with van der Waals surface area (Å²) in [4.78, 5) is 0. The van der Waals surface area contributed by atoms with Gasteiger partial charge in [-0.25, -0.2) is 9.30 Å². The molecular formula is C25H24N2O. The topological polar surface area (TPSA) is 31.9 Å². The molecule has 0 spiro atoms. The van der Waals surface area contributed by atoms with E-state index in [1.54, 1.807) is 12.5 Å². The Bertz CT molecular complexity index is 1060. The number of aromatic nitrogens is 2. The quantitative estimate of drug-likeness (QED) is 0.338. The smallest absolute Gasteiger partial charge is 0.252 e. The Labute approximate surface area is 166 Å². The maximum atomic E-state index is 11.7. The Morgan fingerprint density at radius 3 is 1.57 bits per heavy atom. The van der Waals surface area contributed by atoms with Gasteiger partial charge in [-0.1, -0.05) is 36.4 Å². The van der Waals surface area contributed by atoms with Crippen LogP contribution in [0.25, 0.3) is 27.9 Å². The molecule has 3 nitrogen and oxygen atoms in total. The van der Waals surface area contributed by atoms with Crippen LogP contribution in [0.2, 0.25) is 0 Å². The van der Waals surface area contributed by atoms with Gasteiger partial charge in [-0.2, -0.15) is 0 Å². The predicted octanol–water partition coefficient (Wildman–Crippen LogP) is 5.68. The lowest BCUT2D eigenvalue weighted by atomic mass is 9.90. The second kappa shape index (κ2) is 7.01. The third-order valence-electron chi connectivity index (χ3n) is 5.37. The molecule has 4 rings (SSSR count). The van der Waals surface area contributed by atoms with E-state index in [9.17, 15) is 5.21 Å². The van der Waals surface area contributed by atoms with Crippen LogP contribution in [0.5, 0.6) is 0 Å². The van der Waals surface area contributed by atoms with E-state index in [4.69, 9.17) is 0 Å². The minimum absolute atomic E-state index is 0.824. The largest absolute Gasteiger partial charge is 0.711 e. The molecule has 0 radical (unpaired) electrons. The van der Waals surface area contributed by atoms with Crippen molar-refractivity contribution in [2.45, 2.75) is 27.7 Å². The van der Waals surface area contributed by atoms with Gasteiger partial charge in [0, 0.05) is 0 Å². The van der Waals surface area contributed by atoms with Gasteiger partial charge in [0.15, 0.2) is 0 Å². The summed E-state index contributed by atoms with van der Waals surface area (Å²) in [5.41, 5.74) is 10.8. The fourth-order valence-electron chi connectivity index (χ4n) is 4.08. The minimum atomic E-state index is 0.824. The molecule has 1 heterocycles. The first kappa shape index (κ1) is 18.1. The maximum absolute atomic E-state index is 11.7. The maximum Gasteiger partial charge on any atom is 0.252 e. The van der Waals surface area contributed by atoms with Crippen LogP contribution in [0.3, 0.4) is 0 Å². The van der Waals surface area contributed by atoms with Gasteiger partial charge in [0.05, 0.1) is 0 Å². The van der Waals surface area contributed by atoms with Crippen LogP contribution in [0, 0.1) is 32.9 Å². The van der Waals surface area contributed by atoms with E-state index in [1.807, 2.05) is 4.57 Å². The molecule has 3 aromatic carbocycles. The van der Waals surface area contributed by atoms with Crippen LogP contribution < -0.4 is 4.73 Å². The van der Waals surface area contributed by atoms with E-state index >= 15 is 0 Å². The molecule has 28 heavy (non-hydrogen) atoms. The van der Waals surface area contributed by atoms with Crippen LogP contribution >= 0.6 is 0 Å². The molecule has 0 N–H and O–H groups in total. The highest BCUT2D eigenvalue weighted by Gasteiger charge is 2.15. The van der Waals surface area contributed by atoms with E-state index in [1.165, 1.54) is 39.6 Å². The van der Waals surface area contributed by atoms with Gasteiger partial charge in [0.25, 0.3) is 6.33 Å². The normalized spacial score (nSPS) is 11.0. The molecule has 140 valence electrons. The van der Waals surface area contributed by atoms with Crippen LogP contribution in [0.15, 0.2) is 73.3 Å². The zero-order valence-corrected chi connectivity index (χ0v) is 16.7. The summed E-state index contributed by atoms with van der Waals surface area (Å²) in [7, 11) is 0. The molecular weight excluding hydrogens is 344 g/mol. The van der Waals surface area contributed by atoms with Crippen molar-refractivity contribution in [1.29, 1.82) is 0 Å². The van der Waals surface area contributed by atoms with Gasteiger partial charge in [-0.15, -0.1) is 0 Å². The van der Waals surface area contributed by atoms with Gasteiger partial charge in [-0.3, -0.25) is 0 Å². The van der Waals surface area contributed by atoms with E-state index in [0.29, 0.717) is 0 Å². The second-order valence-corrected chi connectivity index (χ2v) is 7.48. The lowest BCUT2D eigenvalue weighted by molar-refractivity contribution is -0.604. The lowest BCUT2D eigenvalue weighted by Crippen LogP contribution is -2.21. The van der Waals surface area contributed by atoms with Gasteiger partial charge < -0.3 is 5.21 Å². The number of nitrogens with zero attached hydrogens (tertiary/aromatic N) is 2. The molecule has 0 aliphatic heterocycles. The highest BCUT2D eigenvalue weighted by atomic mass is 16.5. The molecule has 0 saturated carbocycles. The molecule has 0 amide bonds. The monoisotopic (exact) mass is 368 g/mol. The van der Waals surface area contributed by atoms with Gasteiger partial charge in [0.1, 0.15) is 18.1 Å². The van der Waals surface area contributed by atoms with Crippen molar-refractivity contribution in [1.82, 2.24) is 4.57 Å². The standard InChI is InChI=1S/C25H24N2O/c1-17-7-5-8-18(2)24(17)21-13-22(25-19(3)9-6-10-20(25)4)15-23(14-21)26-11-12-27(28)16-26/h5-16H,1-4H3. The van der Waals surface area contributed by atoms with Crippen molar-refractivity contribution >= 4 is 0 Å². The number of aryl methyl sites for hydroxylation is 4. The summed E-state index contributed by atoms with van der Waals surface area (Å²) in [5, 5.41) is 11.7. The van der Waals surface area contributed by atoms with Crippen LogP contribution in [-0.4, -0.2) is 4.57 Å². The van der Waals surface area contributed by atoms with Crippen molar-refractivity contribution in [2.24, 2.45) is 0 Å². The van der Waals surface area contributed by atoms with E-state index in [0.717, 1.165) is 21.5 Å². The molecule has 0 saturated heterocycles. The third-order valence-corrected chi connectivity index (χ3v) is 5.37. The van der Waals surface area contributed by atoms with Crippen LogP contribution in [0.4, 0.5) is 0 Å². The van der Waals surface area contributed by atoms with E-state index in [2.05, 4.69) is 82.3 Å². The van der Waals surface area contributed by atoms with Crippen molar-refractivity contribution in [3.63, 3.8) is 0 Å². The molecule has 0 aliphatic carbocycles. The molecule has 0 fully saturated rings. The molecule has 0 aliphatic rings. The molecule has 0 bridgehead atoms. The first-order chi connectivity index (χ1) is 13.4. The lowest BCUT2D eigenvalue weighted by Gasteiger charge is -2.15. The van der Waals surface area contributed by atoms with Crippen molar-refractivity contribution in [2.75, 3.05) is 0 Å². The summed E-state index contributed by atoms with van der Waals surface area (Å²) >= 11 is 0. The SMILES string of the molecule is Cc1cccc(C)c1-c1cc(-c2c(C)cccc2C)cc(-n2cc[n+]([O-])c2)c1. The Morgan fingerprint density at radius 2 is 1.18 bits per heavy atom. The van der Waals surface area contributed by atoms with E-state index < -0.39 is 0 Å². The number of hydrogen-bond acceptors (Lipinski definition) is 1. The summed E-state index contributed by atoms with van der Waals surface area (Å²) in [6.07, 6.45) is 4.87. The van der Waals surface area contributed by atoms with Crippen LogP contribution in [0.1, 0.15) is 22.3 Å². The fraction of sp³-hybridized carbons (Fsp3) is 0.160. The van der Waals surface area contributed by atoms with Crippen molar-refractivity contribution in [3.8, 4) is 27.9 Å². The minimum Gasteiger partial charge on any atom is -0.711 e. The number of benzene rings is 3. The Balaban J connectivity index is 2.02. The fourth-order valence-corrected chi connectivity index (χ4v) is 4.08. The van der Waals surface area contributed by atoms with Crippen molar-refractivity contribution in [3.05, 3.63) is 101 Å². The molecule has 0 atom stereocenters. The number of hydrogen-bond donors (Lipinski definition) is 0. The molecule has 3 heteroatoms. The van der Waals surface area contributed by atoms with Gasteiger partial charge >= 0.3 is 0 Å². The third kappa shape index (κ3) is 3.20. The number of rotatable bonds is 3. The number of imidazole rings is 1. The highest BCUT2D eigenvalue weighted by Crippen LogP contribution is 2.35. The highest BCUT2D eigenvalue weighted by molar-refractivity contribution is 5.81. The van der Waals surface area contributed by atoms with Crippen LogP contribution in [-0.2, 0) is 0 Å². The zero-order chi connectivity index (χ0) is 19.8. The Hall–Kier alpha value is -3.33. The summed E-state index contributed by atoms with van der Waals surface area (Å²) in [6.45, 7) is 8.59. The zero-order valence-electron chi connectivity index (χ0n) is 16.7. The Morgan fingerprint density at radius 1 is 0.714 bits per heavy atom. The summed E-state index contributed by atoms with van der Waals surface area (Å²) < 4.78 is 2.70. The average molecular weight is 368 g/mol. The Kier molecular flexibility index (Phi) is 4.52. The van der Waals surface area contributed by atoms with Gasteiger partial charge in [-0.05, 0) is 90.4 Å².